The van der Waals surface area contributed by atoms with Crippen LogP contribution in [0.2, 0.25) is 0 Å². The maximum atomic E-state index is 9.43. The van der Waals surface area contributed by atoms with Crippen molar-refractivity contribution in [2.75, 3.05) is 53.9 Å². The molecule has 1 heterocycles. The summed E-state index contributed by atoms with van der Waals surface area (Å²) in [7, 11) is 6.33. The van der Waals surface area contributed by atoms with Crippen molar-refractivity contribution in [3.63, 3.8) is 0 Å². The summed E-state index contributed by atoms with van der Waals surface area (Å²) in [5, 5.41) is 9.43. The summed E-state index contributed by atoms with van der Waals surface area (Å²) >= 11 is 0. The van der Waals surface area contributed by atoms with Crippen LogP contribution in [0.4, 0.5) is 0 Å². The van der Waals surface area contributed by atoms with Crippen LogP contribution in [0.5, 0.6) is 0 Å². The van der Waals surface area contributed by atoms with Gasteiger partial charge in [-0.25, -0.2) is 0 Å². The molecular weight excluding hydrogens is 202 g/mol. The average Bonchev–Trinajstić information content (AvgIpc) is 2.19. The van der Waals surface area contributed by atoms with Gasteiger partial charge in [0.25, 0.3) is 0 Å². The number of hydrogen-bond acceptors (Lipinski definition) is 4. The Morgan fingerprint density at radius 1 is 1.38 bits per heavy atom. The van der Waals surface area contributed by atoms with Gasteiger partial charge in [-0.3, -0.25) is 9.80 Å². The zero-order valence-corrected chi connectivity index (χ0v) is 11.4. The van der Waals surface area contributed by atoms with Crippen LogP contribution in [0.15, 0.2) is 0 Å². The van der Waals surface area contributed by atoms with E-state index in [-0.39, 0.29) is 18.2 Å². The second-order valence-electron chi connectivity index (χ2n) is 5.80. The third-order valence-corrected chi connectivity index (χ3v) is 3.67. The standard InChI is InChI=1S/C12H27N3O/c1-12(2)10-15(7-6-13(3)4)11(9-16)8-14(12)5/h11,16H,6-10H2,1-5H3. The lowest BCUT2D eigenvalue weighted by molar-refractivity contribution is -0.0224. The fraction of sp³-hybridized carbons (Fsp3) is 1.00. The molecule has 1 rings (SSSR count). The van der Waals surface area contributed by atoms with Gasteiger partial charge in [0, 0.05) is 37.8 Å². The maximum Gasteiger partial charge on any atom is 0.0599 e. The van der Waals surface area contributed by atoms with E-state index in [9.17, 15) is 5.11 Å². The summed E-state index contributed by atoms with van der Waals surface area (Å²) in [4.78, 5) is 6.96. The molecule has 0 amide bonds. The molecule has 16 heavy (non-hydrogen) atoms. The molecular formula is C12H27N3O. The Hall–Kier alpha value is -0.160. The van der Waals surface area contributed by atoms with Crippen molar-refractivity contribution >= 4 is 0 Å². The lowest BCUT2D eigenvalue weighted by Crippen LogP contribution is -2.63. The summed E-state index contributed by atoms with van der Waals surface area (Å²) < 4.78 is 0. The highest BCUT2D eigenvalue weighted by Gasteiger charge is 2.36. The first-order valence-corrected chi connectivity index (χ1v) is 6.07. The van der Waals surface area contributed by atoms with Crippen LogP contribution >= 0.6 is 0 Å². The van der Waals surface area contributed by atoms with E-state index in [1.807, 2.05) is 0 Å². The molecule has 1 atom stereocenters. The Morgan fingerprint density at radius 2 is 2.00 bits per heavy atom. The zero-order valence-electron chi connectivity index (χ0n) is 11.4. The maximum absolute atomic E-state index is 9.43. The average molecular weight is 229 g/mol. The Morgan fingerprint density at radius 3 is 2.50 bits per heavy atom. The van der Waals surface area contributed by atoms with Gasteiger partial charge in [-0.05, 0) is 35.0 Å². The first-order valence-electron chi connectivity index (χ1n) is 6.07. The van der Waals surface area contributed by atoms with Gasteiger partial charge in [-0.1, -0.05) is 0 Å². The molecule has 0 aromatic carbocycles. The fourth-order valence-electron chi connectivity index (χ4n) is 2.19. The first-order chi connectivity index (χ1) is 7.36. The highest BCUT2D eigenvalue weighted by molar-refractivity contribution is 4.93. The molecule has 96 valence electrons. The van der Waals surface area contributed by atoms with Gasteiger partial charge in [0.05, 0.1) is 6.61 Å². The molecule has 0 bridgehead atoms. The van der Waals surface area contributed by atoms with E-state index in [1.165, 1.54) is 0 Å². The van der Waals surface area contributed by atoms with Crippen molar-refractivity contribution in [2.24, 2.45) is 0 Å². The smallest absolute Gasteiger partial charge is 0.0599 e. The molecule has 0 aromatic rings. The van der Waals surface area contributed by atoms with Gasteiger partial charge in [0.2, 0.25) is 0 Å². The highest BCUT2D eigenvalue weighted by atomic mass is 16.3. The van der Waals surface area contributed by atoms with Crippen LogP contribution in [0.3, 0.4) is 0 Å². The SMILES string of the molecule is CN(C)CCN1CC(C)(C)N(C)CC1CO. The number of piperazine rings is 1. The third-order valence-electron chi connectivity index (χ3n) is 3.67. The Bertz CT molecular complexity index is 218. The molecule has 1 saturated heterocycles. The van der Waals surface area contributed by atoms with Crippen molar-refractivity contribution < 1.29 is 5.11 Å². The molecule has 0 aromatic heterocycles. The van der Waals surface area contributed by atoms with E-state index < -0.39 is 0 Å². The van der Waals surface area contributed by atoms with Gasteiger partial charge < -0.3 is 10.0 Å². The van der Waals surface area contributed by atoms with Gasteiger partial charge in [-0.15, -0.1) is 0 Å². The Balaban J connectivity index is 2.58. The predicted octanol–water partition coefficient (Wildman–Crippen LogP) is -0.0651. The number of aliphatic hydroxyl groups excluding tert-OH is 1. The van der Waals surface area contributed by atoms with Gasteiger partial charge in [0.15, 0.2) is 0 Å². The van der Waals surface area contributed by atoms with Crippen molar-refractivity contribution in [2.45, 2.75) is 25.4 Å². The topological polar surface area (TPSA) is 30.0 Å². The number of nitrogens with zero attached hydrogens (tertiary/aromatic N) is 3. The second-order valence-corrected chi connectivity index (χ2v) is 5.80. The van der Waals surface area contributed by atoms with Crippen molar-refractivity contribution in [1.82, 2.24) is 14.7 Å². The summed E-state index contributed by atoms with van der Waals surface area (Å²) in [6, 6.07) is 0.290. The molecule has 4 heteroatoms. The normalized spacial score (nSPS) is 27.6. The summed E-state index contributed by atoms with van der Waals surface area (Å²) in [6.45, 7) is 8.87. The lowest BCUT2D eigenvalue weighted by Gasteiger charge is -2.49. The van der Waals surface area contributed by atoms with Crippen LogP contribution in [0.1, 0.15) is 13.8 Å². The molecule has 1 aliphatic heterocycles. The molecule has 0 spiro atoms. The van der Waals surface area contributed by atoms with Gasteiger partial charge in [0.1, 0.15) is 0 Å². The van der Waals surface area contributed by atoms with Crippen LogP contribution in [0.25, 0.3) is 0 Å². The van der Waals surface area contributed by atoms with E-state index >= 15 is 0 Å². The fourth-order valence-corrected chi connectivity index (χ4v) is 2.19. The van der Waals surface area contributed by atoms with Crippen molar-refractivity contribution in [1.29, 1.82) is 0 Å². The molecule has 1 unspecified atom stereocenters. The third kappa shape index (κ3) is 3.42. The van der Waals surface area contributed by atoms with Crippen LogP contribution in [-0.2, 0) is 0 Å². The van der Waals surface area contributed by atoms with Gasteiger partial charge >= 0.3 is 0 Å². The Labute approximate surface area is 99.8 Å². The number of aliphatic hydroxyl groups is 1. The molecule has 1 N–H and O–H groups in total. The molecule has 1 aliphatic rings. The van der Waals surface area contributed by atoms with Crippen LogP contribution in [-0.4, -0.2) is 85.3 Å². The number of hydrogen-bond donors (Lipinski definition) is 1. The van der Waals surface area contributed by atoms with E-state index in [0.717, 1.165) is 26.2 Å². The van der Waals surface area contributed by atoms with Crippen molar-refractivity contribution in [3.05, 3.63) is 0 Å². The quantitative estimate of drug-likeness (QED) is 0.731. The summed E-state index contributed by atoms with van der Waals surface area (Å²) in [5.74, 6) is 0. The largest absolute Gasteiger partial charge is 0.395 e. The lowest BCUT2D eigenvalue weighted by atomic mass is 9.96. The van der Waals surface area contributed by atoms with E-state index in [1.54, 1.807) is 0 Å². The molecule has 4 nitrogen and oxygen atoms in total. The number of likely N-dealkylation sites (N-methyl/N-ethyl adjacent to an activating group) is 2. The predicted molar refractivity (Wildman–Crippen MR) is 67.7 cm³/mol. The minimum atomic E-state index is 0.206. The zero-order chi connectivity index (χ0) is 12.3. The molecule has 1 fully saturated rings. The molecule has 0 aliphatic carbocycles. The summed E-state index contributed by atoms with van der Waals surface area (Å²) in [5.41, 5.74) is 0.206. The minimum Gasteiger partial charge on any atom is -0.395 e. The number of rotatable bonds is 4. The monoisotopic (exact) mass is 229 g/mol. The first kappa shape index (κ1) is 13.9. The highest BCUT2D eigenvalue weighted by Crippen LogP contribution is 2.22. The summed E-state index contributed by atoms with van der Waals surface area (Å²) in [6.07, 6.45) is 0. The van der Waals surface area contributed by atoms with Crippen LogP contribution < -0.4 is 0 Å². The molecule has 0 radical (unpaired) electrons. The minimum absolute atomic E-state index is 0.206. The van der Waals surface area contributed by atoms with Gasteiger partial charge in [-0.2, -0.15) is 0 Å². The van der Waals surface area contributed by atoms with E-state index in [2.05, 4.69) is 49.7 Å². The molecule has 0 saturated carbocycles. The van der Waals surface area contributed by atoms with Crippen LogP contribution in [0, 0.1) is 0 Å². The Kier molecular flexibility index (Phi) is 4.73. The second kappa shape index (κ2) is 5.45. The van der Waals surface area contributed by atoms with E-state index in [0.29, 0.717) is 0 Å². The van der Waals surface area contributed by atoms with Crippen molar-refractivity contribution in [3.8, 4) is 0 Å². The van der Waals surface area contributed by atoms with E-state index in [4.69, 9.17) is 0 Å².